The van der Waals surface area contributed by atoms with E-state index in [0.29, 0.717) is 19.3 Å². The Kier molecular flexibility index (Phi) is 54.0. The zero-order valence-electron chi connectivity index (χ0n) is 45.4. The second-order valence-electron chi connectivity index (χ2n) is 18.1. The topological polar surface area (TPSA) is 78.9 Å². The van der Waals surface area contributed by atoms with Gasteiger partial charge in [0.15, 0.2) is 6.10 Å². The van der Waals surface area contributed by atoms with Crippen molar-refractivity contribution in [2.24, 2.45) is 0 Å². The summed E-state index contributed by atoms with van der Waals surface area (Å²) >= 11 is 0. The van der Waals surface area contributed by atoms with Crippen LogP contribution in [0.1, 0.15) is 226 Å². The predicted octanol–water partition coefficient (Wildman–Crippen LogP) is 19.2. The van der Waals surface area contributed by atoms with Gasteiger partial charge in [-0.05, 0) is 122 Å². The summed E-state index contributed by atoms with van der Waals surface area (Å²) in [7, 11) is 0. The summed E-state index contributed by atoms with van der Waals surface area (Å²) in [4.78, 5) is 38.1. The zero-order valence-corrected chi connectivity index (χ0v) is 45.4. The van der Waals surface area contributed by atoms with Crippen molar-refractivity contribution in [1.82, 2.24) is 0 Å². The minimum absolute atomic E-state index is 0.122. The third-order valence-electron chi connectivity index (χ3n) is 11.3. The van der Waals surface area contributed by atoms with E-state index in [9.17, 15) is 14.4 Å². The van der Waals surface area contributed by atoms with Crippen molar-refractivity contribution in [2.75, 3.05) is 13.2 Å². The fourth-order valence-electron chi connectivity index (χ4n) is 7.12. The van der Waals surface area contributed by atoms with Crippen LogP contribution < -0.4 is 0 Å². The lowest BCUT2D eigenvalue weighted by atomic mass is 10.1. The number of carbonyl (C=O) groups is 3. The van der Waals surface area contributed by atoms with Gasteiger partial charge in [0.1, 0.15) is 13.2 Å². The van der Waals surface area contributed by atoms with Gasteiger partial charge in [0.2, 0.25) is 0 Å². The Balaban J connectivity index is 4.49. The summed E-state index contributed by atoms with van der Waals surface area (Å²) in [6, 6.07) is 0. The van der Waals surface area contributed by atoms with Crippen LogP contribution in [-0.4, -0.2) is 37.2 Å². The minimum atomic E-state index is -0.833. The van der Waals surface area contributed by atoms with Crippen molar-refractivity contribution in [2.45, 2.75) is 232 Å². The Bertz CT molecular complexity index is 1590. The first kappa shape index (κ1) is 66.3. The van der Waals surface area contributed by atoms with Crippen molar-refractivity contribution < 1.29 is 28.6 Å². The highest BCUT2D eigenvalue weighted by Gasteiger charge is 2.19. The molecular weight excluding hydrogens is 877 g/mol. The number of ether oxygens (including phenoxy) is 3. The molecule has 0 aliphatic heterocycles. The number of allylic oxidation sites excluding steroid dienone is 24. The maximum absolute atomic E-state index is 12.8. The Labute approximate surface area is 436 Å². The maximum atomic E-state index is 12.8. The smallest absolute Gasteiger partial charge is 0.306 e. The number of hydrogen-bond donors (Lipinski definition) is 0. The molecule has 0 aliphatic carbocycles. The highest BCUT2D eigenvalue weighted by Crippen LogP contribution is 2.13. The second kappa shape index (κ2) is 57.9. The number of rotatable bonds is 49. The highest BCUT2D eigenvalue weighted by molar-refractivity contribution is 5.71. The van der Waals surface area contributed by atoms with Gasteiger partial charge in [-0.25, -0.2) is 0 Å². The second-order valence-corrected chi connectivity index (χ2v) is 18.1. The van der Waals surface area contributed by atoms with Crippen LogP contribution in [0.5, 0.6) is 0 Å². The molecule has 0 radical (unpaired) electrons. The Morgan fingerprint density at radius 3 is 0.930 bits per heavy atom. The first-order chi connectivity index (χ1) is 35.0. The predicted molar refractivity (Wildman–Crippen MR) is 306 cm³/mol. The van der Waals surface area contributed by atoms with E-state index in [1.54, 1.807) is 0 Å². The third-order valence-corrected chi connectivity index (χ3v) is 11.3. The Hall–Kier alpha value is -4.71. The van der Waals surface area contributed by atoms with E-state index in [2.05, 4.69) is 154 Å². The van der Waals surface area contributed by atoms with E-state index < -0.39 is 12.1 Å². The first-order valence-electron chi connectivity index (χ1n) is 28.3. The van der Waals surface area contributed by atoms with Crippen molar-refractivity contribution in [3.8, 4) is 0 Å². The van der Waals surface area contributed by atoms with Crippen LogP contribution >= 0.6 is 0 Å². The van der Waals surface area contributed by atoms with Gasteiger partial charge in [0.05, 0.1) is 0 Å². The molecule has 6 heteroatoms. The van der Waals surface area contributed by atoms with Crippen LogP contribution in [-0.2, 0) is 28.6 Å². The van der Waals surface area contributed by atoms with Crippen LogP contribution in [0.25, 0.3) is 0 Å². The Morgan fingerprint density at radius 1 is 0.296 bits per heavy atom. The highest BCUT2D eigenvalue weighted by atomic mass is 16.6. The number of esters is 3. The molecular formula is C65H102O6. The van der Waals surface area contributed by atoms with Gasteiger partial charge in [0.25, 0.3) is 0 Å². The molecule has 0 aromatic rings. The Morgan fingerprint density at radius 2 is 0.577 bits per heavy atom. The molecule has 0 aliphatic rings. The molecule has 0 saturated carbocycles. The summed E-state index contributed by atoms with van der Waals surface area (Å²) in [5.41, 5.74) is 0. The molecule has 0 saturated heterocycles. The van der Waals surface area contributed by atoms with Gasteiger partial charge < -0.3 is 14.2 Å². The van der Waals surface area contributed by atoms with Gasteiger partial charge in [-0.1, -0.05) is 231 Å². The molecule has 0 spiro atoms. The third kappa shape index (κ3) is 56.1. The van der Waals surface area contributed by atoms with Crippen LogP contribution in [0.3, 0.4) is 0 Å². The molecule has 1 unspecified atom stereocenters. The van der Waals surface area contributed by atoms with Gasteiger partial charge in [-0.2, -0.15) is 0 Å². The molecule has 0 bridgehead atoms. The molecule has 0 amide bonds. The van der Waals surface area contributed by atoms with E-state index in [0.717, 1.165) is 128 Å². The molecule has 0 N–H and O–H groups in total. The molecule has 71 heavy (non-hydrogen) atoms. The summed E-state index contributed by atoms with van der Waals surface area (Å²) in [5.74, 6) is -1.04. The minimum Gasteiger partial charge on any atom is -0.462 e. The normalized spacial score (nSPS) is 13.2. The molecule has 0 aromatic carbocycles. The van der Waals surface area contributed by atoms with Crippen LogP contribution in [0.4, 0.5) is 0 Å². The van der Waals surface area contributed by atoms with Gasteiger partial charge in [-0.15, -0.1) is 0 Å². The lowest BCUT2D eigenvalue weighted by Crippen LogP contribution is -2.30. The number of unbranched alkanes of at least 4 members (excludes halogenated alkanes) is 14. The fourth-order valence-corrected chi connectivity index (χ4v) is 7.12. The monoisotopic (exact) mass is 979 g/mol. The number of hydrogen-bond acceptors (Lipinski definition) is 6. The summed E-state index contributed by atoms with van der Waals surface area (Å²) < 4.78 is 16.7. The fraction of sp³-hybridized carbons (Fsp3) is 0.585. The molecule has 1 atom stereocenters. The van der Waals surface area contributed by atoms with E-state index >= 15 is 0 Å². The van der Waals surface area contributed by atoms with Crippen LogP contribution in [0, 0.1) is 0 Å². The van der Waals surface area contributed by atoms with E-state index in [1.807, 2.05) is 12.2 Å². The summed E-state index contributed by atoms with van der Waals surface area (Å²) in [6.07, 6.45) is 82.8. The molecule has 398 valence electrons. The quantitative estimate of drug-likeness (QED) is 0.0262. The van der Waals surface area contributed by atoms with Crippen LogP contribution in [0.2, 0.25) is 0 Å². The van der Waals surface area contributed by atoms with Crippen LogP contribution in [0.15, 0.2) is 146 Å². The van der Waals surface area contributed by atoms with E-state index in [4.69, 9.17) is 14.2 Å². The average molecular weight is 980 g/mol. The SMILES string of the molecule is CC/C=C\C/C=C\C/C=C\C/C=C\C/C=C\C/C=C\CCC(=O)OC(COC(=O)CCCCCCC/C=C\CCCC)COC(=O)CCCCCCCCC/C=C\C/C=C\C/C=C\C/C=C\C/C=C\CC. The van der Waals surface area contributed by atoms with Gasteiger partial charge in [-0.3, -0.25) is 14.4 Å². The largest absolute Gasteiger partial charge is 0.462 e. The van der Waals surface area contributed by atoms with Crippen molar-refractivity contribution in [3.63, 3.8) is 0 Å². The summed E-state index contributed by atoms with van der Waals surface area (Å²) in [6.45, 7) is 6.28. The standard InChI is InChI=1S/C65H102O6/c1-4-7-10-13-16-19-22-24-26-28-30-31-32-33-35-36-38-40-43-46-49-52-55-58-64(67)70-61-62(60-69-63(66)57-54-51-48-45-42-21-18-15-12-9-6-3)71-65(68)59-56-53-50-47-44-41-39-37-34-29-27-25-23-20-17-14-11-8-5-2/h7-8,10-11,15-20,24-27,30-31,33-35,37,41,44,50,53,62H,4-6,9,12-14,21-23,28-29,32,36,38-40,42-43,45-49,51-52,54-61H2,1-3H3/b10-7-,11-8-,18-15-,19-16-,20-17-,26-24-,27-25-,31-30-,35-33-,37-34-,44-41-,53-50-. The molecule has 0 rings (SSSR count). The molecule has 0 aromatic heterocycles. The number of carbonyl (C=O) groups excluding carboxylic acids is 3. The average Bonchev–Trinajstić information content (AvgIpc) is 3.37. The first-order valence-corrected chi connectivity index (χ1v) is 28.3. The molecule has 6 nitrogen and oxygen atoms in total. The van der Waals surface area contributed by atoms with E-state index in [1.165, 1.54) is 51.4 Å². The summed E-state index contributed by atoms with van der Waals surface area (Å²) in [5, 5.41) is 0. The lowest BCUT2D eigenvalue weighted by molar-refractivity contribution is -0.166. The molecule has 0 fully saturated rings. The van der Waals surface area contributed by atoms with E-state index in [-0.39, 0.29) is 31.6 Å². The maximum Gasteiger partial charge on any atom is 0.306 e. The van der Waals surface area contributed by atoms with Crippen molar-refractivity contribution in [1.29, 1.82) is 0 Å². The van der Waals surface area contributed by atoms with Gasteiger partial charge in [0, 0.05) is 19.3 Å². The van der Waals surface area contributed by atoms with Gasteiger partial charge >= 0.3 is 17.9 Å². The molecule has 0 heterocycles. The van der Waals surface area contributed by atoms with Crippen molar-refractivity contribution in [3.05, 3.63) is 146 Å². The lowest BCUT2D eigenvalue weighted by Gasteiger charge is -2.18. The van der Waals surface area contributed by atoms with Crippen molar-refractivity contribution >= 4 is 17.9 Å². The zero-order chi connectivity index (χ0) is 51.4.